The van der Waals surface area contributed by atoms with E-state index in [2.05, 4.69) is 24.5 Å². The molecule has 6 aliphatic heterocycles. The molecule has 0 saturated carbocycles. The summed E-state index contributed by atoms with van der Waals surface area (Å²) in [5, 5.41) is 12.9. The molecule has 0 spiro atoms. The molecule has 4 aromatic carbocycles. The van der Waals surface area contributed by atoms with Gasteiger partial charge in [-0.1, -0.05) is 108 Å². The minimum Gasteiger partial charge on any atom is -0.311 e. The van der Waals surface area contributed by atoms with Crippen LogP contribution in [0.5, 0.6) is 0 Å². The predicted octanol–water partition coefficient (Wildman–Crippen LogP) is 13.2. The van der Waals surface area contributed by atoms with Crippen molar-refractivity contribution in [1.82, 2.24) is 39.4 Å². The van der Waals surface area contributed by atoms with Crippen molar-refractivity contribution in [3.63, 3.8) is 0 Å². The highest BCUT2D eigenvalue weighted by Gasteiger charge is 2.44. The van der Waals surface area contributed by atoms with Crippen LogP contribution in [0.3, 0.4) is 0 Å². The Labute approximate surface area is 478 Å². The van der Waals surface area contributed by atoms with E-state index in [0.29, 0.717) is 51.7 Å². The summed E-state index contributed by atoms with van der Waals surface area (Å²) in [5.41, 5.74) is 12.1. The van der Waals surface area contributed by atoms with E-state index >= 15 is 0 Å². The van der Waals surface area contributed by atoms with Crippen molar-refractivity contribution < 1.29 is 31.9 Å². The van der Waals surface area contributed by atoms with Gasteiger partial charge in [0.1, 0.15) is 6.29 Å². The van der Waals surface area contributed by atoms with E-state index in [1.165, 1.54) is 12.8 Å². The number of alkyl halides is 4. The summed E-state index contributed by atoms with van der Waals surface area (Å²) >= 11 is 25.8. The standard InChI is InChI=1S/C29H30Cl2F2N4O.C26H25Cl2N3O2.C3H5F2N.ClH/c1-19-26-25(11-14-36(28(26)38)35-12-3-2-4-13-35)37(24-10-9-22(30)15-23(24)31)27(19)21-7-5-20(6-8-21)16-34-17-29(32,33)18-34;1-17-24-23(11-14-30(26(24)33)29-12-3-2-4-13-29)31(22-10-9-20(27)15-21(22)28)25(17)19-7-5-18(16-32)6-8-19;4-3(5)1-6-2-3;/h5-10,15H,2-4,11-14,16-18H2,1H3;5-10,15-16H,2-4,11-14H2,1H3;6H,1-2H2;1H. The van der Waals surface area contributed by atoms with Gasteiger partial charge in [0.2, 0.25) is 0 Å². The number of rotatable bonds is 9. The fourth-order valence-electron chi connectivity index (χ4n) is 11.5. The molecule has 6 aliphatic rings. The van der Waals surface area contributed by atoms with Crippen molar-refractivity contribution in [2.24, 2.45) is 0 Å². The topological polar surface area (TPSA) is 89.3 Å². The lowest BCUT2D eigenvalue weighted by Gasteiger charge is -2.39. The van der Waals surface area contributed by atoms with Crippen molar-refractivity contribution in [3.8, 4) is 33.9 Å². The number of piperidine rings is 2. The Morgan fingerprint density at radius 2 is 0.974 bits per heavy atom. The second-order valence-electron chi connectivity index (χ2n) is 20.7. The molecule has 12 rings (SSSR count). The molecule has 20 heteroatoms. The number of aromatic nitrogens is 2. The first-order chi connectivity index (χ1) is 36.9. The van der Waals surface area contributed by atoms with Crippen LogP contribution in [0.4, 0.5) is 17.6 Å². The van der Waals surface area contributed by atoms with Crippen LogP contribution in [0.25, 0.3) is 33.9 Å². The molecule has 2 amide bonds. The van der Waals surface area contributed by atoms with Crippen molar-refractivity contribution in [2.45, 2.75) is 83.6 Å². The number of hydrogen-bond acceptors (Lipinski definition) is 7. The minimum absolute atomic E-state index is 0. The summed E-state index contributed by atoms with van der Waals surface area (Å²) < 4.78 is 53.7. The van der Waals surface area contributed by atoms with Crippen LogP contribution in [-0.2, 0) is 19.4 Å². The van der Waals surface area contributed by atoms with Gasteiger partial charge in [-0.15, -0.1) is 12.4 Å². The van der Waals surface area contributed by atoms with Crippen molar-refractivity contribution in [2.75, 3.05) is 65.4 Å². The number of nitrogens with zero attached hydrogens (tertiary/aromatic N) is 7. The van der Waals surface area contributed by atoms with Gasteiger partial charge in [-0.05, 0) is 104 Å². The van der Waals surface area contributed by atoms with E-state index in [-0.39, 0.29) is 50.4 Å². The van der Waals surface area contributed by atoms with Gasteiger partial charge >= 0.3 is 0 Å². The molecule has 4 saturated heterocycles. The number of aldehydes is 1. The third kappa shape index (κ3) is 11.9. The van der Waals surface area contributed by atoms with Gasteiger partial charge in [0.05, 0.1) is 70.1 Å². The third-order valence-electron chi connectivity index (χ3n) is 15.3. The molecule has 6 aromatic rings. The SMILES string of the molecule is Cc1c2c(n(-c3ccc(Cl)cc3Cl)c1-c1ccc(C=O)cc1)CCN(N1CCCCC1)C2=O.Cc1c2c(n(-c3ccc(Cl)cc3Cl)c1-c1ccc(CN3CC(F)(F)C3)cc1)CCN(N1CCCCC1)C2=O.Cl.FC1(F)CNC1. The molecule has 0 radical (unpaired) electrons. The number of hydrogen-bond donors (Lipinski definition) is 1. The lowest BCUT2D eigenvalue weighted by atomic mass is 10.0. The zero-order chi connectivity index (χ0) is 54.3. The molecule has 0 aliphatic carbocycles. The summed E-state index contributed by atoms with van der Waals surface area (Å²) in [6.07, 6.45) is 9.12. The van der Waals surface area contributed by atoms with Gasteiger partial charge < -0.3 is 14.5 Å². The number of carbonyl (C=O) groups is 3. The highest BCUT2D eigenvalue weighted by molar-refractivity contribution is 6.36. The van der Waals surface area contributed by atoms with E-state index in [4.69, 9.17) is 46.4 Å². The molecule has 414 valence electrons. The maximum absolute atomic E-state index is 13.9. The van der Waals surface area contributed by atoms with Gasteiger partial charge in [0.25, 0.3) is 23.7 Å². The van der Waals surface area contributed by atoms with Crippen LogP contribution in [-0.4, -0.2) is 129 Å². The number of nitrogens with one attached hydrogen (secondary N) is 1. The van der Waals surface area contributed by atoms with Crippen LogP contribution >= 0.6 is 58.8 Å². The van der Waals surface area contributed by atoms with E-state index < -0.39 is 11.8 Å². The molecule has 0 bridgehead atoms. The lowest BCUT2D eigenvalue weighted by molar-refractivity contribution is -0.133. The predicted molar refractivity (Wildman–Crippen MR) is 303 cm³/mol. The van der Waals surface area contributed by atoms with Crippen LogP contribution in [0.1, 0.15) is 97.7 Å². The molecule has 8 heterocycles. The van der Waals surface area contributed by atoms with E-state index in [9.17, 15) is 31.9 Å². The number of hydrazine groups is 2. The van der Waals surface area contributed by atoms with E-state index in [1.807, 2.05) is 84.5 Å². The Morgan fingerprint density at radius 1 is 0.564 bits per heavy atom. The first-order valence-corrected chi connectivity index (χ1v) is 27.8. The molecular formula is C58H61Cl5F4N8O3. The van der Waals surface area contributed by atoms with Gasteiger partial charge in [-0.3, -0.25) is 29.3 Å². The van der Waals surface area contributed by atoms with E-state index in [0.717, 1.165) is 138 Å². The number of halogens is 9. The molecule has 11 nitrogen and oxygen atoms in total. The summed E-state index contributed by atoms with van der Waals surface area (Å²) in [4.78, 5) is 40.6. The molecule has 2 aromatic heterocycles. The zero-order valence-electron chi connectivity index (χ0n) is 43.4. The maximum Gasteiger partial charge on any atom is 0.272 e. The summed E-state index contributed by atoms with van der Waals surface area (Å²) in [5.74, 6) is -4.89. The van der Waals surface area contributed by atoms with Crippen molar-refractivity contribution >= 4 is 76.9 Å². The number of amides is 2. The van der Waals surface area contributed by atoms with Crippen LogP contribution < -0.4 is 5.32 Å². The summed E-state index contributed by atoms with van der Waals surface area (Å²) in [7, 11) is 0. The summed E-state index contributed by atoms with van der Waals surface area (Å²) in [6.45, 7) is 8.74. The normalized spacial score (nSPS) is 19.0. The van der Waals surface area contributed by atoms with Crippen LogP contribution in [0.2, 0.25) is 20.1 Å². The molecular weight excluding hydrogens is 1110 g/mol. The number of likely N-dealkylation sites (tertiary alicyclic amines) is 1. The highest BCUT2D eigenvalue weighted by atomic mass is 35.5. The fraction of sp³-hybridized carbons (Fsp3) is 0.397. The first kappa shape index (κ1) is 57.7. The Kier molecular flexibility index (Phi) is 17.8. The second-order valence-corrected chi connectivity index (χ2v) is 22.4. The van der Waals surface area contributed by atoms with Gasteiger partial charge in [0, 0.05) is 85.7 Å². The molecule has 0 unspecified atom stereocenters. The number of benzene rings is 4. The number of fused-ring (bicyclic) bond motifs is 2. The van der Waals surface area contributed by atoms with Crippen LogP contribution in [0, 0.1) is 13.8 Å². The van der Waals surface area contributed by atoms with Gasteiger partial charge in [-0.25, -0.2) is 27.6 Å². The zero-order valence-corrected chi connectivity index (χ0v) is 47.2. The minimum atomic E-state index is -2.58. The maximum atomic E-state index is 13.9. The van der Waals surface area contributed by atoms with E-state index in [1.54, 1.807) is 29.2 Å². The Hall–Kier alpha value is -4.94. The van der Waals surface area contributed by atoms with Crippen molar-refractivity contribution in [1.29, 1.82) is 0 Å². The summed E-state index contributed by atoms with van der Waals surface area (Å²) in [6, 6.07) is 26.3. The fourth-order valence-corrected chi connectivity index (χ4v) is 12.5. The quantitative estimate of drug-likeness (QED) is 0.114. The van der Waals surface area contributed by atoms with Crippen LogP contribution in [0.15, 0.2) is 84.9 Å². The molecule has 4 fully saturated rings. The Bertz CT molecular complexity index is 3180. The molecule has 0 atom stereocenters. The second kappa shape index (κ2) is 24.0. The average molecular weight is 1170 g/mol. The Balaban J connectivity index is 0.000000170. The van der Waals surface area contributed by atoms with Gasteiger partial charge in [0.15, 0.2) is 0 Å². The molecule has 1 N–H and O–H groups in total. The highest BCUT2D eigenvalue weighted by Crippen LogP contribution is 2.42. The molecule has 78 heavy (non-hydrogen) atoms. The Morgan fingerprint density at radius 3 is 1.33 bits per heavy atom. The van der Waals surface area contributed by atoms with Gasteiger partial charge in [-0.2, -0.15) is 0 Å². The third-order valence-corrected chi connectivity index (χ3v) is 16.4. The average Bonchev–Trinajstić information content (AvgIpc) is 3.91. The number of carbonyl (C=O) groups excluding carboxylic acids is 3. The first-order valence-electron chi connectivity index (χ1n) is 26.3. The largest absolute Gasteiger partial charge is 0.311 e. The smallest absolute Gasteiger partial charge is 0.272 e. The van der Waals surface area contributed by atoms with Crippen molar-refractivity contribution in [3.05, 3.63) is 150 Å². The monoisotopic (exact) mass is 1170 g/mol. The lowest BCUT2D eigenvalue weighted by Crippen LogP contribution is -2.55.